The van der Waals surface area contributed by atoms with Crippen LogP contribution in [0.25, 0.3) is 10.2 Å². The molecule has 0 unspecified atom stereocenters. The van der Waals surface area contributed by atoms with Crippen LogP contribution in [0.3, 0.4) is 0 Å². The van der Waals surface area contributed by atoms with Crippen molar-refractivity contribution in [3.05, 3.63) is 10.6 Å². The second-order valence-electron chi connectivity index (χ2n) is 5.57. The predicted molar refractivity (Wildman–Crippen MR) is 78.8 cm³/mol. The summed E-state index contributed by atoms with van der Waals surface area (Å²) in [4.78, 5) is 13.7. The number of fused-ring (bicyclic) bond motifs is 1. The standard InChI is InChI=1S/C13H18N4O2S/c1-7-8-9(14)10(20-12(8)17(2)16-7)11(19)15-5-13(6-18)3-4-13/h18H,3-6,14H2,1-2H3,(H,15,19). The first kappa shape index (κ1) is 13.4. The van der Waals surface area contributed by atoms with Gasteiger partial charge in [0.25, 0.3) is 5.91 Å². The predicted octanol–water partition coefficient (Wildman–Crippen LogP) is 1.03. The molecule has 1 saturated carbocycles. The smallest absolute Gasteiger partial charge is 0.263 e. The minimum atomic E-state index is -0.164. The lowest BCUT2D eigenvalue weighted by Gasteiger charge is -2.12. The van der Waals surface area contributed by atoms with Gasteiger partial charge in [-0.1, -0.05) is 0 Å². The highest BCUT2D eigenvalue weighted by Crippen LogP contribution is 2.44. The first-order valence-corrected chi connectivity index (χ1v) is 7.40. The van der Waals surface area contributed by atoms with Gasteiger partial charge in [0, 0.05) is 19.0 Å². The lowest BCUT2D eigenvalue weighted by Crippen LogP contribution is -2.31. The Hall–Kier alpha value is -1.60. The Kier molecular flexibility index (Phi) is 2.98. The van der Waals surface area contributed by atoms with E-state index in [1.165, 1.54) is 11.3 Å². The summed E-state index contributed by atoms with van der Waals surface area (Å²) < 4.78 is 1.75. The van der Waals surface area contributed by atoms with Crippen molar-refractivity contribution in [3.8, 4) is 0 Å². The molecular weight excluding hydrogens is 276 g/mol. The van der Waals surface area contributed by atoms with E-state index < -0.39 is 0 Å². The Balaban J connectivity index is 1.84. The number of aromatic nitrogens is 2. The number of hydrogen-bond acceptors (Lipinski definition) is 5. The van der Waals surface area contributed by atoms with Crippen molar-refractivity contribution in [3.63, 3.8) is 0 Å². The molecule has 4 N–H and O–H groups in total. The van der Waals surface area contributed by atoms with Gasteiger partial charge in [0.1, 0.15) is 9.71 Å². The zero-order chi connectivity index (χ0) is 14.5. The third-order valence-corrected chi connectivity index (χ3v) is 5.28. The molecule has 6 nitrogen and oxygen atoms in total. The van der Waals surface area contributed by atoms with Gasteiger partial charge in [0.15, 0.2) is 0 Å². The molecule has 7 heteroatoms. The van der Waals surface area contributed by atoms with Crippen molar-refractivity contribution >= 4 is 33.1 Å². The largest absolute Gasteiger partial charge is 0.397 e. The van der Waals surface area contributed by atoms with Crippen LogP contribution < -0.4 is 11.1 Å². The van der Waals surface area contributed by atoms with Gasteiger partial charge in [-0.05, 0) is 19.8 Å². The van der Waals surface area contributed by atoms with Crippen LogP contribution in [0.1, 0.15) is 28.2 Å². The van der Waals surface area contributed by atoms with E-state index in [1.807, 2.05) is 14.0 Å². The van der Waals surface area contributed by atoms with E-state index in [0.717, 1.165) is 28.8 Å². The zero-order valence-electron chi connectivity index (χ0n) is 11.6. The number of nitrogens with zero attached hydrogens (tertiary/aromatic N) is 2. The molecule has 108 valence electrons. The molecule has 2 aromatic rings. The highest BCUT2D eigenvalue weighted by Gasteiger charge is 2.42. The summed E-state index contributed by atoms with van der Waals surface area (Å²) in [5, 5.41) is 17.3. The minimum absolute atomic E-state index is 0.0986. The van der Waals surface area contributed by atoms with E-state index in [4.69, 9.17) is 5.73 Å². The SMILES string of the molecule is Cc1nn(C)c2sc(C(=O)NCC3(CO)CC3)c(N)c12. The number of rotatable bonds is 4. The summed E-state index contributed by atoms with van der Waals surface area (Å²) in [6.45, 7) is 2.52. The molecule has 20 heavy (non-hydrogen) atoms. The van der Waals surface area contributed by atoms with Crippen molar-refractivity contribution in [2.45, 2.75) is 19.8 Å². The van der Waals surface area contributed by atoms with Gasteiger partial charge >= 0.3 is 0 Å². The first-order valence-electron chi connectivity index (χ1n) is 6.58. The summed E-state index contributed by atoms with van der Waals surface area (Å²) in [7, 11) is 1.85. The minimum Gasteiger partial charge on any atom is -0.397 e. The number of aliphatic hydroxyl groups is 1. The zero-order valence-corrected chi connectivity index (χ0v) is 12.4. The fourth-order valence-corrected chi connectivity index (χ4v) is 3.52. The third kappa shape index (κ3) is 1.97. The van der Waals surface area contributed by atoms with E-state index in [2.05, 4.69) is 10.4 Å². The second kappa shape index (κ2) is 4.46. The van der Waals surface area contributed by atoms with Crippen LogP contribution in [0.4, 0.5) is 5.69 Å². The van der Waals surface area contributed by atoms with Crippen molar-refractivity contribution < 1.29 is 9.90 Å². The van der Waals surface area contributed by atoms with Crippen LogP contribution in [0, 0.1) is 12.3 Å². The first-order chi connectivity index (χ1) is 9.47. The van der Waals surface area contributed by atoms with Gasteiger partial charge in [0.05, 0.1) is 23.4 Å². The molecule has 2 aromatic heterocycles. The van der Waals surface area contributed by atoms with E-state index in [9.17, 15) is 9.90 Å². The molecule has 2 heterocycles. The number of aliphatic hydroxyl groups excluding tert-OH is 1. The van der Waals surface area contributed by atoms with Crippen LogP contribution in [0.5, 0.6) is 0 Å². The average Bonchev–Trinajstić information content (AvgIpc) is 3.04. The van der Waals surface area contributed by atoms with Gasteiger partial charge < -0.3 is 16.2 Å². The van der Waals surface area contributed by atoms with E-state index in [1.54, 1.807) is 4.68 Å². The van der Waals surface area contributed by atoms with E-state index in [-0.39, 0.29) is 17.9 Å². The van der Waals surface area contributed by atoms with Crippen molar-refractivity contribution in [1.29, 1.82) is 0 Å². The Morgan fingerprint density at radius 2 is 2.30 bits per heavy atom. The lowest BCUT2D eigenvalue weighted by molar-refractivity contribution is 0.0940. The maximum Gasteiger partial charge on any atom is 0.263 e. The fraction of sp³-hybridized carbons (Fsp3) is 0.538. The lowest BCUT2D eigenvalue weighted by atomic mass is 10.1. The number of aryl methyl sites for hydroxylation is 2. The molecule has 0 aliphatic heterocycles. The molecular formula is C13H18N4O2S. The third-order valence-electron chi connectivity index (χ3n) is 4.00. The van der Waals surface area contributed by atoms with Crippen molar-refractivity contribution in [1.82, 2.24) is 15.1 Å². The molecule has 1 aliphatic rings. The molecule has 0 bridgehead atoms. The van der Waals surface area contributed by atoms with Crippen molar-refractivity contribution in [2.75, 3.05) is 18.9 Å². The molecule has 0 saturated heterocycles. The van der Waals surface area contributed by atoms with Crippen LogP contribution in [0.15, 0.2) is 0 Å². The van der Waals surface area contributed by atoms with Crippen molar-refractivity contribution in [2.24, 2.45) is 12.5 Å². The number of carbonyl (C=O) groups excluding carboxylic acids is 1. The number of anilines is 1. The number of nitrogen functional groups attached to an aromatic ring is 1. The average molecular weight is 294 g/mol. The Labute approximate surface area is 120 Å². The van der Waals surface area contributed by atoms with E-state index >= 15 is 0 Å². The molecule has 1 aliphatic carbocycles. The topological polar surface area (TPSA) is 93.2 Å². The van der Waals surface area contributed by atoms with Gasteiger partial charge in [0.2, 0.25) is 0 Å². The van der Waals surface area contributed by atoms with Gasteiger partial charge in [-0.15, -0.1) is 11.3 Å². The Morgan fingerprint density at radius 1 is 1.60 bits per heavy atom. The van der Waals surface area contributed by atoms with Crippen LogP contribution in [0.2, 0.25) is 0 Å². The van der Waals surface area contributed by atoms with E-state index in [0.29, 0.717) is 17.1 Å². The number of hydrogen-bond donors (Lipinski definition) is 3. The quantitative estimate of drug-likeness (QED) is 0.785. The van der Waals surface area contributed by atoms with Gasteiger partial charge in [-0.2, -0.15) is 5.10 Å². The highest BCUT2D eigenvalue weighted by molar-refractivity contribution is 7.21. The maximum atomic E-state index is 12.3. The molecule has 0 aromatic carbocycles. The fourth-order valence-electron chi connectivity index (χ4n) is 2.41. The Morgan fingerprint density at radius 3 is 2.85 bits per heavy atom. The second-order valence-corrected chi connectivity index (χ2v) is 6.57. The monoisotopic (exact) mass is 294 g/mol. The maximum absolute atomic E-state index is 12.3. The summed E-state index contributed by atoms with van der Waals surface area (Å²) in [5.74, 6) is -0.164. The Bertz CT molecular complexity index is 684. The number of thiophene rings is 1. The number of nitrogens with two attached hydrogens (primary N) is 1. The normalized spacial score (nSPS) is 16.6. The molecule has 0 atom stereocenters. The van der Waals surface area contributed by atoms with Crippen LogP contribution in [-0.2, 0) is 7.05 Å². The van der Waals surface area contributed by atoms with Crippen LogP contribution >= 0.6 is 11.3 Å². The number of nitrogens with one attached hydrogen (secondary N) is 1. The summed E-state index contributed by atoms with van der Waals surface area (Å²) in [5.41, 5.74) is 7.33. The molecule has 1 amide bonds. The highest BCUT2D eigenvalue weighted by atomic mass is 32.1. The number of amides is 1. The number of carbonyl (C=O) groups is 1. The summed E-state index contributed by atoms with van der Waals surface area (Å²) in [6.07, 6.45) is 1.93. The molecule has 0 radical (unpaired) electrons. The summed E-state index contributed by atoms with van der Waals surface area (Å²) >= 11 is 1.36. The molecule has 0 spiro atoms. The van der Waals surface area contributed by atoms with Crippen LogP contribution in [-0.4, -0.2) is 33.9 Å². The molecule has 3 rings (SSSR count). The van der Waals surface area contributed by atoms with Gasteiger partial charge in [-0.25, -0.2) is 0 Å². The molecule has 1 fully saturated rings. The van der Waals surface area contributed by atoms with Gasteiger partial charge in [-0.3, -0.25) is 9.48 Å². The summed E-state index contributed by atoms with van der Waals surface area (Å²) in [6, 6.07) is 0.